The zero-order chi connectivity index (χ0) is 19.7. The largest absolute Gasteiger partial charge is 0.340 e. The van der Waals surface area contributed by atoms with E-state index in [1.165, 1.54) is 0 Å². The molecule has 2 aromatic heterocycles. The molecule has 6 nitrogen and oxygen atoms in total. The van der Waals surface area contributed by atoms with Gasteiger partial charge >= 0.3 is 0 Å². The number of H-pyrrole nitrogens is 1. The minimum atomic E-state index is -0.202. The number of hydrogen-bond acceptors (Lipinski definition) is 3. The quantitative estimate of drug-likeness (QED) is 0.598. The number of carbonyl (C=O) groups excluding carboxylic acids is 1. The average Bonchev–Trinajstić information content (AvgIpc) is 3.09. The highest BCUT2D eigenvalue weighted by molar-refractivity contribution is 5.93. The van der Waals surface area contributed by atoms with E-state index in [1.807, 2.05) is 60.1 Å². The van der Waals surface area contributed by atoms with Gasteiger partial charge in [0, 0.05) is 19.8 Å². The van der Waals surface area contributed by atoms with Crippen molar-refractivity contribution in [3.05, 3.63) is 88.6 Å². The molecule has 1 amide bonds. The number of benzene rings is 2. The van der Waals surface area contributed by atoms with Crippen molar-refractivity contribution in [3.63, 3.8) is 0 Å². The third-order valence-corrected chi connectivity index (χ3v) is 4.81. The number of aromatic nitrogens is 3. The minimum Gasteiger partial charge on any atom is -0.340 e. The smallest absolute Gasteiger partial charge is 0.270 e. The predicted molar refractivity (Wildman–Crippen MR) is 109 cm³/mol. The van der Waals surface area contributed by atoms with Crippen LogP contribution in [-0.4, -0.2) is 32.4 Å². The molecule has 140 valence electrons. The molecule has 28 heavy (non-hydrogen) atoms. The molecule has 0 spiro atoms. The topological polar surface area (TPSA) is 71.0 Å². The third-order valence-electron chi connectivity index (χ3n) is 4.81. The van der Waals surface area contributed by atoms with Crippen LogP contribution in [0.3, 0.4) is 0 Å². The molecule has 0 aliphatic heterocycles. The van der Waals surface area contributed by atoms with Gasteiger partial charge in [-0.3, -0.25) is 9.59 Å². The van der Waals surface area contributed by atoms with Crippen LogP contribution in [0.25, 0.3) is 22.2 Å². The fraction of sp³-hybridized carbons (Fsp3) is 0.136. The van der Waals surface area contributed by atoms with Crippen molar-refractivity contribution in [2.24, 2.45) is 7.05 Å². The maximum absolute atomic E-state index is 12.9. The van der Waals surface area contributed by atoms with Crippen molar-refractivity contribution in [1.29, 1.82) is 0 Å². The average molecular weight is 372 g/mol. The van der Waals surface area contributed by atoms with Crippen LogP contribution in [0.5, 0.6) is 0 Å². The number of hydrogen-bond donors (Lipinski definition) is 1. The minimum absolute atomic E-state index is 0.138. The summed E-state index contributed by atoms with van der Waals surface area (Å²) in [6, 6.07) is 20.8. The number of fused-ring (bicyclic) bond motifs is 1. The number of nitrogens with one attached hydrogen (secondary N) is 1. The molecule has 0 fully saturated rings. The molecule has 1 N–H and O–H groups in total. The van der Waals surface area contributed by atoms with Crippen LogP contribution in [0.1, 0.15) is 16.3 Å². The molecule has 4 rings (SSSR count). The maximum atomic E-state index is 12.9. The van der Waals surface area contributed by atoms with Gasteiger partial charge in [-0.2, -0.15) is 0 Å². The lowest BCUT2D eigenvalue weighted by atomic mass is 10.2. The van der Waals surface area contributed by atoms with Crippen LogP contribution < -0.4 is 5.56 Å². The van der Waals surface area contributed by atoms with Gasteiger partial charge in [0.25, 0.3) is 11.5 Å². The Bertz CT molecular complexity index is 1210. The van der Waals surface area contributed by atoms with Gasteiger partial charge in [-0.1, -0.05) is 42.5 Å². The molecule has 0 unspecified atom stereocenters. The van der Waals surface area contributed by atoms with Gasteiger partial charge in [0.15, 0.2) is 0 Å². The summed E-state index contributed by atoms with van der Waals surface area (Å²) >= 11 is 0. The lowest BCUT2D eigenvalue weighted by molar-refractivity contribution is 0.0772. The van der Waals surface area contributed by atoms with Crippen LogP contribution in [-0.2, 0) is 13.6 Å². The first kappa shape index (κ1) is 17.7. The van der Waals surface area contributed by atoms with E-state index < -0.39 is 0 Å². The highest BCUT2D eigenvalue weighted by atomic mass is 16.2. The predicted octanol–water partition coefficient (Wildman–Crippen LogP) is 3.20. The first-order valence-corrected chi connectivity index (χ1v) is 8.99. The van der Waals surface area contributed by atoms with Gasteiger partial charge in [0.1, 0.15) is 11.5 Å². The van der Waals surface area contributed by atoms with E-state index in [2.05, 4.69) is 9.97 Å². The molecular formula is C22H20N4O2. The van der Waals surface area contributed by atoms with Crippen molar-refractivity contribution < 1.29 is 4.79 Å². The lowest BCUT2D eigenvalue weighted by Gasteiger charge is -2.17. The van der Waals surface area contributed by atoms with E-state index in [0.717, 1.165) is 11.3 Å². The van der Waals surface area contributed by atoms with Crippen molar-refractivity contribution >= 4 is 16.8 Å². The monoisotopic (exact) mass is 372 g/mol. The van der Waals surface area contributed by atoms with Gasteiger partial charge in [-0.05, 0) is 29.8 Å². The van der Waals surface area contributed by atoms with E-state index in [0.29, 0.717) is 22.4 Å². The summed E-state index contributed by atoms with van der Waals surface area (Å²) in [5, 5.41) is 0.537. The van der Waals surface area contributed by atoms with Gasteiger partial charge < -0.3 is 14.5 Å². The number of carbonyl (C=O) groups is 1. The second-order valence-corrected chi connectivity index (χ2v) is 6.72. The van der Waals surface area contributed by atoms with E-state index in [1.54, 1.807) is 30.1 Å². The van der Waals surface area contributed by atoms with Crippen molar-refractivity contribution in [3.8, 4) is 11.3 Å². The van der Waals surface area contributed by atoms with Gasteiger partial charge in [0.2, 0.25) is 0 Å². The second kappa shape index (κ2) is 7.15. The summed E-state index contributed by atoms with van der Waals surface area (Å²) in [4.78, 5) is 34.0. The van der Waals surface area contributed by atoms with Crippen LogP contribution >= 0.6 is 0 Å². The Morgan fingerprint density at radius 2 is 1.75 bits per heavy atom. The molecule has 0 aliphatic carbocycles. The standard InChI is InChI=1S/C22H20N4O2/c1-25(14-20-23-17-11-7-6-10-16(17)21(27)24-20)22(28)19-13-12-18(26(19)2)15-8-4-3-5-9-15/h3-13H,14H2,1-2H3,(H,23,24,27). The van der Waals surface area contributed by atoms with Crippen LogP contribution in [0.2, 0.25) is 0 Å². The van der Waals surface area contributed by atoms with Crippen LogP contribution in [0.4, 0.5) is 0 Å². The number of amides is 1. The van der Waals surface area contributed by atoms with Crippen LogP contribution in [0, 0.1) is 0 Å². The SMILES string of the molecule is CN(Cc1nc2ccccc2c(=O)[nH]1)C(=O)c1ccc(-c2ccccc2)n1C. The molecule has 0 saturated heterocycles. The fourth-order valence-corrected chi connectivity index (χ4v) is 3.33. The summed E-state index contributed by atoms with van der Waals surface area (Å²) in [6.45, 7) is 0.213. The van der Waals surface area contributed by atoms with Crippen molar-refractivity contribution in [1.82, 2.24) is 19.4 Å². The Balaban J connectivity index is 1.59. The second-order valence-electron chi connectivity index (χ2n) is 6.72. The highest BCUT2D eigenvalue weighted by Gasteiger charge is 2.18. The van der Waals surface area contributed by atoms with E-state index in [9.17, 15) is 9.59 Å². The Hall–Kier alpha value is -3.67. The van der Waals surface area contributed by atoms with Gasteiger partial charge in [-0.25, -0.2) is 4.98 Å². The zero-order valence-electron chi connectivity index (χ0n) is 15.7. The number of aromatic amines is 1. The van der Waals surface area contributed by atoms with Crippen molar-refractivity contribution in [2.45, 2.75) is 6.54 Å². The number of para-hydroxylation sites is 1. The number of rotatable bonds is 4. The molecule has 0 bridgehead atoms. The maximum Gasteiger partial charge on any atom is 0.270 e. The summed E-state index contributed by atoms with van der Waals surface area (Å²) in [5.74, 6) is 0.317. The summed E-state index contributed by atoms with van der Waals surface area (Å²) in [5.41, 5.74) is 3.00. The van der Waals surface area contributed by atoms with E-state index in [-0.39, 0.29) is 18.0 Å². The summed E-state index contributed by atoms with van der Waals surface area (Å²) in [7, 11) is 3.58. The first-order valence-electron chi connectivity index (χ1n) is 8.99. The van der Waals surface area contributed by atoms with E-state index in [4.69, 9.17) is 0 Å². The Kier molecular flexibility index (Phi) is 4.53. The molecule has 0 aliphatic rings. The van der Waals surface area contributed by atoms with Crippen molar-refractivity contribution in [2.75, 3.05) is 7.05 Å². The van der Waals surface area contributed by atoms with Crippen LogP contribution in [0.15, 0.2) is 71.5 Å². The summed E-state index contributed by atoms with van der Waals surface area (Å²) in [6.07, 6.45) is 0. The molecule has 0 atom stereocenters. The third kappa shape index (κ3) is 3.20. The normalized spacial score (nSPS) is 10.9. The molecule has 0 radical (unpaired) electrons. The van der Waals surface area contributed by atoms with Gasteiger partial charge in [-0.15, -0.1) is 0 Å². The molecular weight excluding hydrogens is 352 g/mol. The molecule has 0 saturated carbocycles. The Morgan fingerprint density at radius 1 is 1.04 bits per heavy atom. The molecule has 4 aromatic rings. The number of nitrogens with zero attached hydrogens (tertiary/aromatic N) is 3. The summed E-state index contributed by atoms with van der Waals surface area (Å²) < 4.78 is 1.88. The molecule has 6 heteroatoms. The first-order chi connectivity index (χ1) is 13.5. The Labute approximate surface area is 162 Å². The van der Waals surface area contributed by atoms with E-state index >= 15 is 0 Å². The molecule has 2 aromatic carbocycles. The Morgan fingerprint density at radius 3 is 2.54 bits per heavy atom. The zero-order valence-corrected chi connectivity index (χ0v) is 15.7. The lowest BCUT2D eigenvalue weighted by Crippen LogP contribution is -2.29. The fourth-order valence-electron chi connectivity index (χ4n) is 3.33. The highest BCUT2D eigenvalue weighted by Crippen LogP contribution is 2.22. The molecule has 2 heterocycles. The van der Waals surface area contributed by atoms with Gasteiger partial charge in [0.05, 0.1) is 17.4 Å².